The van der Waals surface area contributed by atoms with Gasteiger partial charge in [-0.2, -0.15) is 13.2 Å². The van der Waals surface area contributed by atoms with Crippen molar-refractivity contribution in [2.24, 2.45) is 0 Å². The molecule has 0 aliphatic heterocycles. The van der Waals surface area contributed by atoms with Gasteiger partial charge in [0.15, 0.2) is 0 Å². The van der Waals surface area contributed by atoms with Crippen molar-refractivity contribution in [1.82, 2.24) is 4.90 Å². The Labute approximate surface area is 91.7 Å². The molecule has 2 N–H and O–H groups in total. The molecule has 0 aliphatic rings. The minimum atomic E-state index is -4.47. The standard InChI is InChI=1S/C9H16F3NO3/c1-3-8(2,16)5-13(4-7(14)15)6-9(10,11)12/h16H,3-6H2,1-2H3,(H,14,15). The van der Waals surface area contributed by atoms with Crippen LogP contribution in [-0.2, 0) is 4.79 Å². The summed E-state index contributed by atoms with van der Waals surface area (Å²) >= 11 is 0. The van der Waals surface area contributed by atoms with Crippen molar-refractivity contribution in [1.29, 1.82) is 0 Å². The lowest BCUT2D eigenvalue weighted by Crippen LogP contribution is -2.46. The highest BCUT2D eigenvalue weighted by Crippen LogP contribution is 2.19. The average molecular weight is 243 g/mol. The Hall–Kier alpha value is -0.820. The van der Waals surface area contributed by atoms with Crippen LogP contribution in [0.15, 0.2) is 0 Å². The van der Waals surface area contributed by atoms with Gasteiger partial charge in [-0.1, -0.05) is 6.92 Å². The van der Waals surface area contributed by atoms with E-state index in [1.54, 1.807) is 6.92 Å². The first-order chi connectivity index (χ1) is 7.06. The van der Waals surface area contributed by atoms with Crippen LogP contribution in [0.2, 0.25) is 0 Å². The molecule has 16 heavy (non-hydrogen) atoms. The van der Waals surface area contributed by atoms with Crippen LogP contribution in [-0.4, -0.2) is 52.5 Å². The number of nitrogens with zero attached hydrogens (tertiary/aromatic N) is 1. The Morgan fingerprint density at radius 1 is 1.31 bits per heavy atom. The van der Waals surface area contributed by atoms with Gasteiger partial charge in [0.2, 0.25) is 0 Å². The maximum absolute atomic E-state index is 12.1. The van der Waals surface area contributed by atoms with Crippen molar-refractivity contribution in [3.8, 4) is 0 Å². The van der Waals surface area contributed by atoms with E-state index in [2.05, 4.69) is 0 Å². The molecule has 0 fully saturated rings. The van der Waals surface area contributed by atoms with Crippen LogP contribution >= 0.6 is 0 Å². The van der Waals surface area contributed by atoms with E-state index in [9.17, 15) is 23.1 Å². The number of halogens is 3. The van der Waals surface area contributed by atoms with Crippen molar-refractivity contribution in [3.05, 3.63) is 0 Å². The Morgan fingerprint density at radius 3 is 2.12 bits per heavy atom. The highest BCUT2D eigenvalue weighted by molar-refractivity contribution is 5.69. The molecular formula is C9H16F3NO3. The number of carbonyl (C=O) groups is 1. The zero-order chi connectivity index (χ0) is 13.0. The van der Waals surface area contributed by atoms with E-state index in [0.29, 0.717) is 4.90 Å². The summed E-state index contributed by atoms with van der Waals surface area (Å²) in [5.74, 6) is -1.35. The van der Waals surface area contributed by atoms with Crippen LogP contribution in [0.5, 0.6) is 0 Å². The van der Waals surface area contributed by atoms with Gasteiger partial charge in [0.1, 0.15) is 0 Å². The third-order valence-corrected chi connectivity index (χ3v) is 2.09. The minimum absolute atomic E-state index is 0.251. The van der Waals surface area contributed by atoms with E-state index in [1.165, 1.54) is 6.92 Å². The molecule has 0 aromatic heterocycles. The van der Waals surface area contributed by atoms with Gasteiger partial charge in [-0.15, -0.1) is 0 Å². The first-order valence-electron chi connectivity index (χ1n) is 4.79. The first-order valence-corrected chi connectivity index (χ1v) is 4.79. The summed E-state index contributed by atoms with van der Waals surface area (Å²) in [5.41, 5.74) is -1.32. The van der Waals surface area contributed by atoms with Gasteiger partial charge in [0.25, 0.3) is 0 Å². The van der Waals surface area contributed by atoms with E-state index in [-0.39, 0.29) is 13.0 Å². The molecule has 96 valence electrons. The predicted molar refractivity (Wildman–Crippen MR) is 51.0 cm³/mol. The number of aliphatic hydroxyl groups is 1. The molecule has 0 rings (SSSR count). The molecule has 0 spiro atoms. The number of carboxylic acid groups (broad SMARTS) is 1. The summed E-state index contributed by atoms with van der Waals surface area (Å²) in [5, 5.41) is 18.1. The summed E-state index contributed by atoms with van der Waals surface area (Å²) in [6, 6.07) is 0. The van der Waals surface area contributed by atoms with Gasteiger partial charge < -0.3 is 10.2 Å². The van der Waals surface area contributed by atoms with Crippen molar-refractivity contribution in [3.63, 3.8) is 0 Å². The molecule has 0 aliphatic carbocycles. The van der Waals surface area contributed by atoms with Crippen molar-refractivity contribution < 1.29 is 28.2 Å². The van der Waals surface area contributed by atoms with Crippen LogP contribution < -0.4 is 0 Å². The molecule has 0 saturated heterocycles. The monoisotopic (exact) mass is 243 g/mol. The number of carboxylic acids is 1. The summed E-state index contributed by atoms with van der Waals surface area (Å²) in [4.78, 5) is 11.1. The van der Waals surface area contributed by atoms with Crippen LogP contribution in [0, 0.1) is 0 Å². The molecule has 0 amide bonds. The highest BCUT2D eigenvalue weighted by Gasteiger charge is 2.34. The Bertz CT molecular complexity index is 241. The normalized spacial score (nSPS) is 16.2. The SMILES string of the molecule is CCC(C)(O)CN(CC(=O)O)CC(F)(F)F. The second-order valence-electron chi connectivity index (χ2n) is 4.00. The minimum Gasteiger partial charge on any atom is -0.480 e. The van der Waals surface area contributed by atoms with E-state index in [0.717, 1.165) is 0 Å². The molecule has 0 heterocycles. The largest absolute Gasteiger partial charge is 0.480 e. The van der Waals surface area contributed by atoms with Crippen molar-refractivity contribution in [2.75, 3.05) is 19.6 Å². The van der Waals surface area contributed by atoms with Gasteiger partial charge in [0, 0.05) is 6.54 Å². The van der Waals surface area contributed by atoms with Gasteiger partial charge in [-0.3, -0.25) is 9.69 Å². The van der Waals surface area contributed by atoms with Gasteiger partial charge in [-0.05, 0) is 13.3 Å². The fourth-order valence-electron chi connectivity index (χ4n) is 1.21. The molecule has 4 nitrogen and oxygen atoms in total. The molecule has 0 radical (unpaired) electrons. The number of alkyl halides is 3. The highest BCUT2D eigenvalue weighted by atomic mass is 19.4. The van der Waals surface area contributed by atoms with Gasteiger partial charge in [0.05, 0.1) is 18.7 Å². The Balaban J connectivity index is 4.49. The van der Waals surface area contributed by atoms with Gasteiger partial charge in [-0.25, -0.2) is 0 Å². The van der Waals surface area contributed by atoms with E-state index < -0.39 is 30.8 Å². The van der Waals surface area contributed by atoms with Crippen LogP contribution in [0.3, 0.4) is 0 Å². The average Bonchev–Trinajstić information content (AvgIpc) is 1.98. The quantitative estimate of drug-likeness (QED) is 0.733. The fraction of sp³-hybridized carbons (Fsp3) is 0.889. The Morgan fingerprint density at radius 2 is 1.81 bits per heavy atom. The smallest absolute Gasteiger partial charge is 0.401 e. The summed E-state index contributed by atoms with van der Waals surface area (Å²) in [6.07, 6.45) is -4.22. The number of hydrogen-bond donors (Lipinski definition) is 2. The zero-order valence-electron chi connectivity index (χ0n) is 9.21. The van der Waals surface area contributed by atoms with Crippen LogP contribution in [0.25, 0.3) is 0 Å². The van der Waals surface area contributed by atoms with Crippen LogP contribution in [0.4, 0.5) is 13.2 Å². The first kappa shape index (κ1) is 15.2. The molecular weight excluding hydrogens is 227 g/mol. The van der Waals surface area contributed by atoms with Crippen molar-refractivity contribution >= 4 is 5.97 Å². The second-order valence-corrected chi connectivity index (χ2v) is 4.00. The fourth-order valence-corrected chi connectivity index (χ4v) is 1.21. The molecule has 1 atom stereocenters. The van der Waals surface area contributed by atoms with Gasteiger partial charge >= 0.3 is 12.1 Å². The number of hydrogen-bond acceptors (Lipinski definition) is 3. The summed E-state index contributed by atoms with van der Waals surface area (Å²) < 4.78 is 36.4. The number of aliphatic carboxylic acids is 1. The molecule has 1 unspecified atom stereocenters. The third kappa shape index (κ3) is 7.47. The molecule has 0 aromatic rings. The maximum atomic E-state index is 12.1. The lowest BCUT2D eigenvalue weighted by atomic mass is 10.0. The van der Waals surface area contributed by atoms with E-state index in [4.69, 9.17) is 5.11 Å². The Kier molecular flexibility index (Phi) is 5.21. The van der Waals surface area contributed by atoms with Crippen molar-refractivity contribution in [2.45, 2.75) is 32.0 Å². The summed E-state index contributed by atoms with van der Waals surface area (Å²) in [7, 11) is 0. The lowest BCUT2D eigenvalue weighted by Gasteiger charge is -2.30. The topological polar surface area (TPSA) is 60.8 Å². The molecule has 7 heteroatoms. The zero-order valence-corrected chi connectivity index (χ0v) is 9.21. The van der Waals surface area contributed by atoms with E-state index >= 15 is 0 Å². The molecule has 0 saturated carbocycles. The van der Waals surface area contributed by atoms with Crippen LogP contribution in [0.1, 0.15) is 20.3 Å². The van der Waals surface area contributed by atoms with E-state index in [1.807, 2.05) is 0 Å². The third-order valence-electron chi connectivity index (χ3n) is 2.09. The second kappa shape index (κ2) is 5.49. The molecule has 0 aromatic carbocycles. The summed E-state index contributed by atoms with van der Waals surface area (Å²) in [6.45, 7) is 0.588. The maximum Gasteiger partial charge on any atom is 0.401 e. The lowest BCUT2D eigenvalue weighted by molar-refractivity contribution is -0.158. The molecule has 0 bridgehead atoms. The number of rotatable bonds is 6. The predicted octanol–water partition coefficient (Wildman–Crippen LogP) is 1.10.